The summed E-state index contributed by atoms with van der Waals surface area (Å²) in [5, 5.41) is 4.15. The summed E-state index contributed by atoms with van der Waals surface area (Å²) in [6, 6.07) is 6.26. The zero-order valence-corrected chi connectivity index (χ0v) is 12.4. The van der Waals surface area contributed by atoms with Gasteiger partial charge in [-0.3, -0.25) is 4.68 Å². The topological polar surface area (TPSA) is 87.2 Å². The van der Waals surface area contributed by atoms with Crippen LogP contribution in [-0.4, -0.2) is 25.3 Å². The quantitative estimate of drug-likeness (QED) is 0.859. The minimum absolute atomic E-state index is 0.132. The zero-order chi connectivity index (χ0) is 14.9. The molecule has 2 rings (SSSR count). The Labute approximate surface area is 118 Å². The van der Waals surface area contributed by atoms with Crippen LogP contribution in [0.2, 0.25) is 0 Å². The maximum absolute atomic E-state index is 12.5. The lowest BCUT2D eigenvalue weighted by atomic mass is 10.3. The van der Waals surface area contributed by atoms with Gasteiger partial charge in [-0.1, -0.05) is 0 Å². The lowest BCUT2D eigenvalue weighted by molar-refractivity contribution is 0.403. The van der Waals surface area contributed by atoms with Crippen molar-refractivity contribution in [1.82, 2.24) is 9.78 Å². The molecule has 1 heterocycles. The average molecular weight is 295 g/mol. The highest BCUT2D eigenvalue weighted by Crippen LogP contribution is 2.28. The Morgan fingerprint density at radius 2 is 2.05 bits per heavy atom. The second kappa shape index (κ2) is 5.16. The Bertz CT molecular complexity index is 735. The summed E-state index contributed by atoms with van der Waals surface area (Å²) >= 11 is 0. The third-order valence-electron chi connectivity index (χ3n) is 2.96. The molecule has 0 radical (unpaired) electrons. The Morgan fingerprint density at radius 3 is 2.60 bits per heavy atom. The summed E-state index contributed by atoms with van der Waals surface area (Å²) in [4.78, 5) is 0.132. The van der Waals surface area contributed by atoms with Gasteiger partial charge in [0.15, 0.2) is 9.84 Å². The lowest BCUT2D eigenvalue weighted by Gasteiger charge is -2.10. The van der Waals surface area contributed by atoms with Crippen LogP contribution in [0.3, 0.4) is 0 Å². The standard InChI is InChI=1S/C13H17N3O3S/c1-9-6-11(16(2)15-9)8-20(17,18)13-5-4-10(14)7-12(13)19-3/h4-7H,8,14H2,1-3H3. The van der Waals surface area contributed by atoms with Crippen molar-refractivity contribution in [2.24, 2.45) is 7.05 Å². The van der Waals surface area contributed by atoms with Crippen molar-refractivity contribution in [2.75, 3.05) is 12.8 Å². The summed E-state index contributed by atoms with van der Waals surface area (Å²) in [5.41, 5.74) is 7.50. The molecule has 7 heteroatoms. The molecule has 0 spiro atoms. The molecule has 0 aliphatic carbocycles. The number of rotatable bonds is 4. The molecule has 0 bridgehead atoms. The number of nitrogens with zero attached hydrogens (tertiary/aromatic N) is 2. The molecule has 108 valence electrons. The maximum atomic E-state index is 12.5. The van der Waals surface area contributed by atoms with Gasteiger partial charge in [-0.05, 0) is 25.1 Å². The summed E-state index contributed by atoms with van der Waals surface area (Å²) < 4.78 is 31.7. The molecule has 0 atom stereocenters. The molecular weight excluding hydrogens is 278 g/mol. The van der Waals surface area contributed by atoms with E-state index >= 15 is 0 Å². The molecule has 0 aliphatic rings. The molecule has 0 saturated heterocycles. The zero-order valence-electron chi connectivity index (χ0n) is 11.6. The number of sulfone groups is 1. The van der Waals surface area contributed by atoms with Crippen molar-refractivity contribution >= 4 is 15.5 Å². The fourth-order valence-corrected chi connectivity index (χ4v) is 3.55. The summed E-state index contributed by atoms with van der Waals surface area (Å²) in [5.74, 6) is 0.119. The highest BCUT2D eigenvalue weighted by atomic mass is 32.2. The molecule has 2 N–H and O–H groups in total. The third-order valence-corrected chi connectivity index (χ3v) is 4.64. The molecule has 20 heavy (non-hydrogen) atoms. The second-order valence-electron chi connectivity index (χ2n) is 4.57. The summed E-state index contributed by atoms with van der Waals surface area (Å²) in [6.45, 7) is 1.82. The molecule has 0 amide bonds. The number of hydrogen-bond donors (Lipinski definition) is 1. The smallest absolute Gasteiger partial charge is 0.187 e. The van der Waals surface area contributed by atoms with Gasteiger partial charge in [0.2, 0.25) is 0 Å². The van der Waals surface area contributed by atoms with Crippen LogP contribution >= 0.6 is 0 Å². The molecular formula is C13H17N3O3S. The van der Waals surface area contributed by atoms with Gasteiger partial charge in [0, 0.05) is 18.8 Å². The molecule has 1 aromatic carbocycles. The van der Waals surface area contributed by atoms with E-state index in [4.69, 9.17) is 10.5 Å². The molecule has 1 aromatic heterocycles. The molecule has 6 nitrogen and oxygen atoms in total. The van der Waals surface area contributed by atoms with Crippen LogP contribution in [-0.2, 0) is 22.6 Å². The molecule has 2 aromatic rings. The van der Waals surface area contributed by atoms with Gasteiger partial charge in [-0.15, -0.1) is 0 Å². The first kappa shape index (κ1) is 14.4. The van der Waals surface area contributed by atoms with E-state index in [9.17, 15) is 8.42 Å². The lowest BCUT2D eigenvalue weighted by Crippen LogP contribution is -2.10. The normalized spacial score (nSPS) is 11.6. The van der Waals surface area contributed by atoms with Gasteiger partial charge < -0.3 is 10.5 Å². The third kappa shape index (κ3) is 2.77. The van der Waals surface area contributed by atoms with Crippen molar-refractivity contribution in [3.63, 3.8) is 0 Å². The first-order valence-corrected chi connectivity index (χ1v) is 7.64. The number of ether oxygens (including phenoxy) is 1. The minimum Gasteiger partial charge on any atom is -0.495 e. The van der Waals surface area contributed by atoms with Crippen LogP contribution in [0.4, 0.5) is 5.69 Å². The number of nitrogens with two attached hydrogens (primary N) is 1. The van der Waals surface area contributed by atoms with E-state index in [1.54, 1.807) is 23.9 Å². The predicted octanol–water partition coefficient (Wildman–Crippen LogP) is 1.29. The van der Waals surface area contributed by atoms with E-state index in [2.05, 4.69) is 5.10 Å². The van der Waals surface area contributed by atoms with Gasteiger partial charge in [-0.25, -0.2) is 8.42 Å². The van der Waals surface area contributed by atoms with Crippen LogP contribution in [0.15, 0.2) is 29.2 Å². The Balaban J connectivity index is 2.43. The van der Waals surface area contributed by atoms with Gasteiger partial charge in [0.1, 0.15) is 10.6 Å². The van der Waals surface area contributed by atoms with Crippen molar-refractivity contribution in [3.8, 4) is 5.75 Å². The van der Waals surface area contributed by atoms with E-state index in [0.717, 1.165) is 5.69 Å². The van der Waals surface area contributed by atoms with Crippen LogP contribution < -0.4 is 10.5 Å². The monoisotopic (exact) mass is 295 g/mol. The Morgan fingerprint density at radius 1 is 1.35 bits per heavy atom. The van der Waals surface area contributed by atoms with Crippen LogP contribution in [0.25, 0.3) is 0 Å². The second-order valence-corrected chi connectivity index (χ2v) is 6.53. The SMILES string of the molecule is COc1cc(N)ccc1S(=O)(=O)Cc1cc(C)nn1C. The van der Waals surface area contributed by atoms with E-state index in [1.165, 1.54) is 19.2 Å². The van der Waals surface area contributed by atoms with Crippen molar-refractivity contribution < 1.29 is 13.2 Å². The summed E-state index contributed by atoms with van der Waals surface area (Å²) in [6.07, 6.45) is 0. The molecule has 0 unspecified atom stereocenters. The Hall–Kier alpha value is -2.02. The summed E-state index contributed by atoms with van der Waals surface area (Å²) in [7, 11) is -0.384. The van der Waals surface area contributed by atoms with Gasteiger partial charge in [0.05, 0.1) is 24.3 Å². The fraction of sp³-hybridized carbons (Fsp3) is 0.308. The van der Waals surface area contributed by atoms with E-state index in [0.29, 0.717) is 11.4 Å². The van der Waals surface area contributed by atoms with E-state index in [1.807, 2.05) is 6.92 Å². The number of nitrogen functional groups attached to an aromatic ring is 1. The fourth-order valence-electron chi connectivity index (χ4n) is 2.01. The first-order chi connectivity index (χ1) is 9.33. The van der Waals surface area contributed by atoms with Crippen LogP contribution in [0, 0.1) is 6.92 Å². The highest BCUT2D eigenvalue weighted by molar-refractivity contribution is 7.90. The number of benzene rings is 1. The van der Waals surface area contributed by atoms with Gasteiger partial charge >= 0.3 is 0 Å². The highest BCUT2D eigenvalue weighted by Gasteiger charge is 2.22. The number of aryl methyl sites for hydroxylation is 2. The van der Waals surface area contributed by atoms with Gasteiger partial charge in [0.25, 0.3) is 0 Å². The Kier molecular flexibility index (Phi) is 3.71. The average Bonchev–Trinajstić information content (AvgIpc) is 2.66. The van der Waals surface area contributed by atoms with Crippen molar-refractivity contribution in [1.29, 1.82) is 0 Å². The predicted molar refractivity (Wildman–Crippen MR) is 76.2 cm³/mol. The number of anilines is 1. The molecule has 0 aliphatic heterocycles. The minimum atomic E-state index is -3.52. The number of aromatic nitrogens is 2. The first-order valence-electron chi connectivity index (χ1n) is 5.99. The van der Waals surface area contributed by atoms with Crippen molar-refractivity contribution in [3.05, 3.63) is 35.7 Å². The number of methoxy groups -OCH3 is 1. The molecule has 0 saturated carbocycles. The largest absolute Gasteiger partial charge is 0.495 e. The van der Waals surface area contributed by atoms with Crippen LogP contribution in [0.1, 0.15) is 11.4 Å². The molecule has 0 fully saturated rings. The number of hydrogen-bond acceptors (Lipinski definition) is 5. The maximum Gasteiger partial charge on any atom is 0.187 e. The van der Waals surface area contributed by atoms with Crippen LogP contribution in [0.5, 0.6) is 5.75 Å². The van der Waals surface area contributed by atoms with E-state index in [-0.39, 0.29) is 16.4 Å². The van der Waals surface area contributed by atoms with Crippen molar-refractivity contribution in [2.45, 2.75) is 17.6 Å². The van der Waals surface area contributed by atoms with Gasteiger partial charge in [-0.2, -0.15) is 5.10 Å². The van der Waals surface area contributed by atoms with E-state index < -0.39 is 9.84 Å².